The molecule has 6 nitrogen and oxygen atoms in total. The first-order valence-electron chi connectivity index (χ1n) is 6.21. The zero-order chi connectivity index (χ0) is 13.0. The molecular formula is C12H19N5O. The Morgan fingerprint density at radius 3 is 2.89 bits per heavy atom. The van der Waals surface area contributed by atoms with Crippen molar-refractivity contribution < 1.29 is 4.52 Å². The molecule has 2 rings (SSSR count). The normalized spacial score (nSPS) is 11.1. The van der Waals surface area contributed by atoms with Gasteiger partial charge in [-0.2, -0.15) is 10.1 Å². The van der Waals surface area contributed by atoms with Crippen LogP contribution in [0.5, 0.6) is 0 Å². The average molecular weight is 249 g/mol. The Labute approximate surface area is 106 Å². The third-order valence-corrected chi connectivity index (χ3v) is 2.96. The number of hydrogen-bond acceptors (Lipinski definition) is 5. The van der Waals surface area contributed by atoms with Crippen molar-refractivity contribution in [3.8, 4) is 0 Å². The molecule has 0 aliphatic rings. The predicted octanol–water partition coefficient (Wildman–Crippen LogP) is 1.43. The molecule has 1 N–H and O–H groups in total. The number of rotatable bonds is 6. The molecule has 2 aromatic rings. The van der Waals surface area contributed by atoms with E-state index in [9.17, 15) is 0 Å². The minimum absolute atomic E-state index is 0.553. The second-order valence-corrected chi connectivity index (χ2v) is 4.33. The Morgan fingerprint density at radius 2 is 2.22 bits per heavy atom. The fraction of sp³-hybridized carbons (Fsp3) is 0.583. The van der Waals surface area contributed by atoms with Gasteiger partial charge >= 0.3 is 0 Å². The Morgan fingerprint density at radius 1 is 1.39 bits per heavy atom. The molecule has 0 radical (unpaired) electrons. The van der Waals surface area contributed by atoms with Crippen molar-refractivity contribution in [2.75, 3.05) is 6.54 Å². The van der Waals surface area contributed by atoms with Gasteiger partial charge in [0, 0.05) is 17.8 Å². The van der Waals surface area contributed by atoms with Gasteiger partial charge in [-0.3, -0.25) is 4.68 Å². The minimum Gasteiger partial charge on any atom is -0.343 e. The molecule has 0 saturated heterocycles. The first-order chi connectivity index (χ1) is 8.72. The van der Waals surface area contributed by atoms with E-state index in [4.69, 9.17) is 4.52 Å². The topological polar surface area (TPSA) is 68.8 Å². The molecule has 0 aromatic carbocycles. The van der Waals surface area contributed by atoms with Crippen LogP contribution in [0.15, 0.2) is 10.9 Å². The Kier molecular flexibility index (Phi) is 4.09. The largest absolute Gasteiger partial charge is 0.343 e. The molecule has 18 heavy (non-hydrogen) atoms. The predicted molar refractivity (Wildman–Crippen MR) is 67.1 cm³/mol. The maximum absolute atomic E-state index is 4.73. The third kappa shape index (κ3) is 2.76. The summed E-state index contributed by atoms with van der Waals surface area (Å²) in [7, 11) is 0. The van der Waals surface area contributed by atoms with Crippen LogP contribution >= 0.6 is 0 Å². The number of aryl methyl sites for hydroxylation is 1. The van der Waals surface area contributed by atoms with Gasteiger partial charge in [-0.15, -0.1) is 0 Å². The lowest BCUT2D eigenvalue weighted by atomic mass is 10.2. The van der Waals surface area contributed by atoms with Gasteiger partial charge < -0.3 is 9.84 Å². The molecule has 0 fully saturated rings. The van der Waals surface area contributed by atoms with Gasteiger partial charge in [0.05, 0.1) is 5.69 Å². The van der Waals surface area contributed by atoms with E-state index < -0.39 is 0 Å². The number of nitrogens with one attached hydrogen (secondary N) is 1. The Bertz CT molecular complexity index is 489. The van der Waals surface area contributed by atoms with Crippen LogP contribution < -0.4 is 5.32 Å². The fourth-order valence-corrected chi connectivity index (χ4v) is 1.93. The molecule has 0 bridgehead atoms. The second-order valence-electron chi connectivity index (χ2n) is 4.33. The van der Waals surface area contributed by atoms with Crippen LogP contribution in [0.3, 0.4) is 0 Å². The summed E-state index contributed by atoms with van der Waals surface area (Å²) in [5.41, 5.74) is 3.47. The van der Waals surface area contributed by atoms with Crippen LogP contribution in [0.1, 0.15) is 36.1 Å². The standard InChI is InChI=1S/C12H19N5O/c1-4-5-13-6-11-9(2)15-17(10(11)3)7-12-14-8-18-16-12/h8,13H,4-7H2,1-3H3. The number of hydrogen-bond donors (Lipinski definition) is 1. The van der Waals surface area contributed by atoms with Crippen molar-refractivity contribution in [2.45, 2.75) is 40.3 Å². The molecule has 0 aliphatic heterocycles. The van der Waals surface area contributed by atoms with Gasteiger partial charge in [0.25, 0.3) is 0 Å². The zero-order valence-electron chi connectivity index (χ0n) is 11.1. The number of nitrogens with zero attached hydrogens (tertiary/aromatic N) is 4. The van der Waals surface area contributed by atoms with Crippen LogP contribution in [0.25, 0.3) is 0 Å². The van der Waals surface area contributed by atoms with Gasteiger partial charge in [-0.1, -0.05) is 12.1 Å². The van der Waals surface area contributed by atoms with Crippen molar-refractivity contribution in [3.05, 3.63) is 29.2 Å². The van der Waals surface area contributed by atoms with Gasteiger partial charge in [-0.25, -0.2) is 0 Å². The molecule has 0 saturated carbocycles. The molecule has 0 amide bonds. The van der Waals surface area contributed by atoms with Crippen molar-refractivity contribution in [1.82, 2.24) is 25.2 Å². The summed E-state index contributed by atoms with van der Waals surface area (Å²) in [4.78, 5) is 4.01. The van der Waals surface area contributed by atoms with Crippen LogP contribution in [-0.4, -0.2) is 26.5 Å². The maximum Gasteiger partial charge on any atom is 0.213 e. The van der Waals surface area contributed by atoms with Crippen LogP contribution in [0, 0.1) is 13.8 Å². The minimum atomic E-state index is 0.553. The summed E-state index contributed by atoms with van der Waals surface area (Å²) in [6.45, 7) is 8.70. The highest BCUT2D eigenvalue weighted by Crippen LogP contribution is 2.13. The maximum atomic E-state index is 4.73. The Hall–Kier alpha value is -1.69. The molecular weight excluding hydrogens is 230 g/mol. The third-order valence-electron chi connectivity index (χ3n) is 2.96. The van der Waals surface area contributed by atoms with E-state index in [0.29, 0.717) is 12.4 Å². The van der Waals surface area contributed by atoms with E-state index in [1.165, 1.54) is 12.0 Å². The van der Waals surface area contributed by atoms with Gasteiger partial charge in [0.1, 0.15) is 6.54 Å². The van der Waals surface area contributed by atoms with Crippen molar-refractivity contribution in [2.24, 2.45) is 0 Å². The molecule has 0 spiro atoms. The van der Waals surface area contributed by atoms with Crippen molar-refractivity contribution in [1.29, 1.82) is 0 Å². The average Bonchev–Trinajstić information content (AvgIpc) is 2.93. The molecule has 6 heteroatoms. The highest BCUT2D eigenvalue weighted by Gasteiger charge is 2.12. The van der Waals surface area contributed by atoms with Crippen LogP contribution in [-0.2, 0) is 13.1 Å². The number of aromatic nitrogens is 4. The summed E-state index contributed by atoms with van der Waals surface area (Å²) in [5.74, 6) is 0.647. The molecule has 0 unspecified atom stereocenters. The lowest BCUT2D eigenvalue weighted by Crippen LogP contribution is -2.15. The summed E-state index contributed by atoms with van der Waals surface area (Å²) < 4.78 is 6.65. The van der Waals surface area contributed by atoms with E-state index >= 15 is 0 Å². The fourth-order valence-electron chi connectivity index (χ4n) is 1.93. The summed E-state index contributed by atoms with van der Waals surface area (Å²) in [6, 6.07) is 0. The van der Waals surface area contributed by atoms with E-state index in [0.717, 1.165) is 30.9 Å². The van der Waals surface area contributed by atoms with Gasteiger partial charge in [-0.05, 0) is 26.8 Å². The summed E-state index contributed by atoms with van der Waals surface area (Å²) in [5, 5.41) is 11.7. The second kappa shape index (κ2) is 5.77. The van der Waals surface area contributed by atoms with Gasteiger partial charge in [0.15, 0.2) is 5.82 Å². The molecule has 0 atom stereocenters. The summed E-state index contributed by atoms with van der Waals surface area (Å²) >= 11 is 0. The molecule has 0 aliphatic carbocycles. The lowest BCUT2D eigenvalue weighted by Gasteiger charge is -2.04. The van der Waals surface area contributed by atoms with Crippen molar-refractivity contribution in [3.63, 3.8) is 0 Å². The first kappa shape index (κ1) is 12.8. The van der Waals surface area contributed by atoms with E-state index in [-0.39, 0.29) is 0 Å². The lowest BCUT2D eigenvalue weighted by molar-refractivity contribution is 0.406. The Balaban J connectivity index is 2.10. The van der Waals surface area contributed by atoms with Crippen LogP contribution in [0.2, 0.25) is 0 Å². The zero-order valence-corrected chi connectivity index (χ0v) is 11.1. The van der Waals surface area contributed by atoms with Crippen molar-refractivity contribution >= 4 is 0 Å². The SMILES string of the molecule is CCCNCc1c(C)nn(Cc2ncon2)c1C. The molecule has 98 valence electrons. The highest BCUT2D eigenvalue weighted by atomic mass is 16.5. The quantitative estimate of drug-likeness (QED) is 0.784. The van der Waals surface area contributed by atoms with E-state index in [2.05, 4.69) is 34.4 Å². The van der Waals surface area contributed by atoms with E-state index in [1.54, 1.807) is 0 Å². The highest BCUT2D eigenvalue weighted by molar-refractivity contribution is 5.24. The summed E-state index contributed by atoms with van der Waals surface area (Å²) in [6.07, 6.45) is 2.47. The van der Waals surface area contributed by atoms with E-state index in [1.807, 2.05) is 11.6 Å². The monoisotopic (exact) mass is 249 g/mol. The smallest absolute Gasteiger partial charge is 0.213 e. The van der Waals surface area contributed by atoms with Gasteiger partial charge in [0.2, 0.25) is 6.39 Å². The van der Waals surface area contributed by atoms with Crippen LogP contribution in [0.4, 0.5) is 0 Å². The first-order valence-corrected chi connectivity index (χ1v) is 6.21. The molecule has 2 aromatic heterocycles. The molecule has 2 heterocycles.